The standard InChI is InChI=1S/C28H30F3NO2/c29-28(30,31)27(33)20-32(18-21-8-6-12-24(16-21)23-10-4-5-11-23)19-22-9-7-15-26(17-22)34-25-13-2-1-3-14-25/h1-3,6-9,12-17,23,27,33H,4-5,10-11,18-20H2. The largest absolute Gasteiger partial charge is 0.457 e. The Morgan fingerprint density at radius 2 is 1.44 bits per heavy atom. The molecule has 0 heterocycles. The number of halogens is 3. The maximum atomic E-state index is 13.2. The molecule has 1 fully saturated rings. The molecule has 3 aromatic rings. The number of hydrogen-bond donors (Lipinski definition) is 1. The molecule has 1 atom stereocenters. The quantitative estimate of drug-likeness (QED) is 0.364. The number of hydrogen-bond acceptors (Lipinski definition) is 3. The molecule has 4 rings (SSSR count). The highest BCUT2D eigenvalue weighted by atomic mass is 19.4. The SMILES string of the molecule is OC(CN(Cc1cccc(Oc2ccccc2)c1)Cc1cccc(C2CCCC2)c1)C(F)(F)F. The van der Waals surface area contributed by atoms with E-state index in [0.29, 0.717) is 24.0 Å². The molecular formula is C28H30F3NO2. The summed E-state index contributed by atoms with van der Waals surface area (Å²) in [5.74, 6) is 1.83. The van der Waals surface area contributed by atoms with Gasteiger partial charge in [-0.15, -0.1) is 0 Å². The fraction of sp³-hybridized carbons (Fsp3) is 0.357. The number of aliphatic hydroxyl groups excluding tert-OH is 1. The summed E-state index contributed by atoms with van der Waals surface area (Å²) < 4.78 is 45.4. The van der Waals surface area contributed by atoms with Crippen LogP contribution in [0.4, 0.5) is 13.2 Å². The van der Waals surface area contributed by atoms with Gasteiger partial charge in [0.05, 0.1) is 0 Å². The average Bonchev–Trinajstić information content (AvgIpc) is 3.35. The minimum Gasteiger partial charge on any atom is -0.457 e. The normalized spacial score (nSPS) is 15.6. The van der Waals surface area contributed by atoms with Crippen molar-refractivity contribution in [2.24, 2.45) is 0 Å². The van der Waals surface area contributed by atoms with Crippen LogP contribution in [0.3, 0.4) is 0 Å². The lowest BCUT2D eigenvalue weighted by atomic mass is 9.96. The predicted molar refractivity (Wildman–Crippen MR) is 127 cm³/mol. The van der Waals surface area contributed by atoms with E-state index in [4.69, 9.17) is 4.74 Å². The lowest BCUT2D eigenvalue weighted by Gasteiger charge is -2.27. The van der Waals surface area contributed by atoms with Crippen molar-refractivity contribution in [2.45, 2.75) is 57.0 Å². The summed E-state index contributed by atoms with van der Waals surface area (Å²) in [6, 6.07) is 24.8. The Morgan fingerprint density at radius 3 is 2.12 bits per heavy atom. The number of alkyl halides is 3. The maximum absolute atomic E-state index is 13.2. The minimum absolute atomic E-state index is 0.257. The first-order chi connectivity index (χ1) is 16.4. The van der Waals surface area contributed by atoms with Crippen LogP contribution in [0.15, 0.2) is 78.9 Å². The third-order valence-electron chi connectivity index (χ3n) is 6.28. The van der Waals surface area contributed by atoms with Crippen molar-refractivity contribution in [3.63, 3.8) is 0 Å². The molecule has 1 aliphatic rings. The maximum Gasteiger partial charge on any atom is 0.415 e. The third kappa shape index (κ3) is 6.84. The smallest absolute Gasteiger partial charge is 0.415 e. The fourth-order valence-corrected chi connectivity index (χ4v) is 4.59. The topological polar surface area (TPSA) is 32.7 Å². The van der Waals surface area contributed by atoms with Crippen LogP contribution in [0.2, 0.25) is 0 Å². The van der Waals surface area contributed by atoms with Crippen LogP contribution in [0, 0.1) is 0 Å². The number of aliphatic hydroxyl groups is 1. The Bertz CT molecular complexity index is 1050. The summed E-state index contributed by atoms with van der Waals surface area (Å²) in [5, 5.41) is 9.80. The second-order valence-corrected chi connectivity index (χ2v) is 9.02. The van der Waals surface area contributed by atoms with E-state index in [1.54, 1.807) is 4.90 Å². The molecule has 0 spiro atoms. The summed E-state index contributed by atoms with van der Waals surface area (Å²) in [7, 11) is 0. The highest BCUT2D eigenvalue weighted by Crippen LogP contribution is 2.34. The molecule has 1 N–H and O–H groups in total. The number of nitrogens with zero attached hydrogens (tertiary/aromatic N) is 1. The van der Waals surface area contributed by atoms with Gasteiger partial charge in [0.25, 0.3) is 0 Å². The van der Waals surface area contributed by atoms with Gasteiger partial charge in [0.2, 0.25) is 0 Å². The van der Waals surface area contributed by atoms with Gasteiger partial charge in [-0.05, 0) is 59.7 Å². The van der Waals surface area contributed by atoms with Crippen LogP contribution < -0.4 is 4.74 Å². The first-order valence-electron chi connectivity index (χ1n) is 11.7. The Morgan fingerprint density at radius 1 is 0.824 bits per heavy atom. The molecule has 180 valence electrons. The van der Waals surface area contributed by atoms with E-state index in [0.717, 1.165) is 24.0 Å². The van der Waals surface area contributed by atoms with E-state index in [9.17, 15) is 18.3 Å². The zero-order valence-corrected chi connectivity index (χ0v) is 19.0. The second-order valence-electron chi connectivity index (χ2n) is 9.02. The molecular weight excluding hydrogens is 439 g/mol. The Kier molecular flexibility index (Phi) is 7.91. The number of para-hydroxylation sites is 1. The van der Waals surface area contributed by atoms with Gasteiger partial charge >= 0.3 is 6.18 Å². The summed E-state index contributed by atoms with van der Waals surface area (Å²) in [6.07, 6.45) is -2.31. The summed E-state index contributed by atoms with van der Waals surface area (Å²) in [6.45, 7) is 0.0746. The fourth-order valence-electron chi connectivity index (χ4n) is 4.59. The van der Waals surface area contributed by atoms with Crippen molar-refractivity contribution >= 4 is 0 Å². The Balaban J connectivity index is 1.51. The number of ether oxygens (including phenoxy) is 1. The van der Waals surface area contributed by atoms with Crippen LogP contribution >= 0.6 is 0 Å². The Labute approximate surface area is 198 Å². The predicted octanol–water partition coefficient (Wildman–Crippen LogP) is 7.06. The minimum atomic E-state index is -4.66. The molecule has 1 aliphatic carbocycles. The zero-order valence-electron chi connectivity index (χ0n) is 19.0. The van der Waals surface area contributed by atoms with Crippen molar-refractivity contribution < 1.29 is 23.0 Å². The second kappa shape index (κ2) is 11.1. The van der Waals surface area contributed by atoms with Crippen LogP contribution in [0.5, 0.6) is 11.5 Å². The van der Waals surface area contributed by atoms with E-state index in [1.807, 2.05) is 66.7 Å². The molecule has 0 aromatic heterocycles. The molecule has 0 amide bonds. The van der Waals surface area contributed by atoms with Crippen LogP contribution in [-0.2, 0) is 13.1 Å². The van der Waals surface area contributed by atoms with Crippen molar-refractivity contribution in [3.05, 3.63) is 95.6 Å². The summed E-state index contributed by atoms with van der Waals surface area (Å²) >= 11 is 0. The van der Waals surface area contributed by atoms with Gasteiger partial charge in [-0.25, -0.2) is 0 Å². The van der Waals surface area contributed by atoms with E-state index in [2.05, 4.69) is 12.1 Å². The molecule has 0 aliphatic heterocycles. The summed E-state index contributed by atoms with van der Waals surface area (Å²) in [4.78, 5) is 1.65. The first kappa shape index (κ1) is 24.3. The van der Waals surface area contributed by atoms with Gasteiger partial charge in [-0.3, -0.25) is 4.90 Å². The van der Waals surface area contributed by atoms with Crippen molar-refractivity contribution in [1.82, 2.24) is 4.90 Å². The van der Waals surface area contributed by atoms with Gasteiger partial charge in [0, 0.05) is 19.6 Å². The molecule has 3 aromatic carbocycles. The van der Waals surface area contributed by atoms with Crippen LogP contribution in [0.25, 0.3) is 0 Å². The molecule has 3 nitrogen and oxygen atoms in total. The molecule has 6 heteroatoms. The zero-order chi connectivity index (χ0) is 24.0. The third-order valence-corrected chi connectivity index (χ3v) is 6.28. The van der Waals surface area contributed by atoms with Gasteiger partial charge in [-0.1, -0.05) is 67.4 Å². The molecule has 1 saturated carbocycles. The van der Waals surface area contributed by atoms with Crippen LogP contribution in [-0.4, -0.2) is 28.8 Å². The lowest BCUT2D eigenvalue weighted by Crippen LogP contribution is -2.40. The van der Waals surface area contributed by atoms with Gasteiger partial charge in [0.1, 0.15) is 11.5 Å². The van der Waals surface area contributed by atoms with Gasteiger partial charge in [0.15, 0.2) is 6.10 Å². The van der Waals surface area contributed by atoms with Crippen LogP contribution in [0.1, 0.15) is 48.3 Å². The van der Waals surface area contributed by atoms with Gasteiger partial charge < -0.3 is 9.84 Å². The van der Waals surface area contributed by atoms with E-state index >= 15 is 0 Å². The molecule has 0 bridgehead atoms. The average molecular weight is 470 g/mol. The van der Waals surface area contributed by atoms with Crippen molar-refractivity contribution in [3.8, 4) is 11.5 Å². The van der Waals surface area contributed by atoms with Crippen molar-refractivity contribution in [2.75, 3.05) is 6.54 Å². The van der Waals surface area contributed by atoms with Gasteiger partial charge in [-0.2, -0.15) is 13.2 Å². The first-order valence-corrected chi connectivity index (χ1v) is 11.7. The molecule has 0 saturated heterocycles. The highest BCUT2D eigenvalue weighted by Gasteiger charge is 2.39. The van der Waals surface area contributed by atoms with E-state index in [1.165, 1.54) is 18.4 Å². The lowest BCUT2D eigenvalue weighted by molar-refractivity contribution is -0.208. The monoisotopic (exact) mass is 469 g/mol. The summed E-state index contributed by atoms with van der Waals surface area (Å²) in [5.41, 5.74) is 3.02. The molecule has 34 heavy (non-hydrogen) atoms. The molecule has 0 radical (unpaired) electrons. The molecule has 1 unspecified atom stereocenters. The number of rotatable bonds is 9. The van der Waals surface area contributed by atoms with E-state index < -0.39 is 18.8 Å². The number of benzene rings is 3. The Hall–Kier alpha value is -2.83. The van der Waals surface area contributed by atoms with E-state index in [-0.39, 0.29) is 6.54 Å². The van der Waals surface area contributed by atoms with Crippen molar-refractivity contribution in [1.29, 1.82) is 0 Å². The highest BCUT2D eigenvalue weighted by molar-refractivity contribution is 5.34.